The third kappa shape index (κ3) is 37.8. The van der Waals surface area contributed by atoms with Gasteiger partial charge in [-0.15, -0.1) is 0 Å². The SMILES string of the molecule is CCCCCCCCC=CCCCCCCCCN.O=P(O)(O)O. The maximum absolute atomic E-state index is 8.88. The number of unbranched alkanes of at least 4 members (excludes halogenated alkanes) is 12. The van der Waals surface area contributed by atoms with E-state index in [0.717, 1.165) is 6.54 Å². The van der Waals surface area contributed by atoms with Crippen LogP contribution < -0.4 is 5.73 Å². The maximum Gasteiger partial charge on any atom is 0.466 e. The maximum atomic E-state index is 8.88. The average molecular weight is 365 g/mol. The molecule has 24 heavy (non-hydrogen) atoms. The lowest BCUT2D eigenvalue weighted by atomic mass is 10.1. The third-order valence-corrected chi connectivity index (χ3v) is 3.72. The molecular formula is C18H40NO4P. The van der Waals surface area contributed by atoms with Crippen molar-refractivity contribution in [1.29, 1.82) is 0 Å². The van der Waals surface area contributed by atoms with Crippen LogP contribution in [0.1, 0.15) is 96.8 Å². The molecule has 0 bridgehead atoms. The summed E-state index contributed by atoms with van der Waals surface area (Å²) in [6, 6.07) is 0. The topological polar surface area (TPSA) is 104 Å². The zero-order chi connectivity index (χ0) is 18.5. The summed E-state index contributed by atoms with van der Waals surface area (Å²) in [6.45, 7) is 3.14. The number of allylic oxidation sites excluding steroid dienone is 2. The van der Waals surface area contributed by atoms with Gasteiger partial charge in [-0.2, -0.15) is 0 Å². The Labute approximate surface area is 149 Å². The van der Waals surface area contributed by atoms with Crippen LogP contribution in [0.5, 0.6) is 0 Å². The van der Waals surface area contributed by atoms with Crippen LogP contribution >= 0.6 is 7.82 Å². The summed E-state index contributed by atoms with van der Waals surface area (Å²) in [6.07, 6.45) is 23.9. The second-order valence-electron chi connectivity index (χ2n) is 6.24. The minimum absolute atomic E-state index is 0.862. The van der Waals surface area contributed by atoms with Crippen molar-refractivity contribution in [2.45, 2.75) is 96.8 Å². The van der Waals surface area contributed by atoms with E-state index in [2.05, 4.69) is 19.1 Å². The van der Waals surface area contributed by atoms with Gasteiger partial charge in [-0.3, -0.25) is 0 Å². The predicted molar refractivity (Wildman–Crippen MR) is 103 cm³/mol. The Hall–Kier alpha value is -0.190. The molecule has 0 aromatic carbocycles. The van der Waals surface area contributed by atoms with Crippen molar-refractivity contribution in [3.63, 3.8) is 0 Å². The molecule has 6 heteroatoms. The van der Waals surface area contributed by atoms with E-state index in [0.29, 0.717) is 0 Å². The summed E-state index contributed by atoms with van der Waals surface area (Å²) in [5.74, 6) is 0. The normalized spacial score (nSPS) is 11.5. The molecule has 0 rings (SSSR count). The van der Waals surface area contributed by atoms with Gasteiger partial charge in [-0.05, 0) is 38.6 Å². The highest BCUT2D eigenvalue weighted by Gasteiger charge is 2.00. The summed E-state index contributed by atoms with van der Waals surface area (Å²) < 4.78 is 8.88. The number of rotatable bonds is 15. The first-order valence-corrected chi connectivity index (χ1v) is 11.1. The summed E-state index contributed by atoms with van der Waals surface area (Å²) in [7, 11) is -4.64. The molecule has 0 aromatic rings. The standard InChI is InChI=1S/C18H37N.H3O4P/c1-2-3-4-5-6-7-8-9-10-11-12-13-14-15-16-17-18-19;1-5(2,3)4/h9-10H,2-8,11-19H2,1H3;(H3,1,2,3,4). The Morgan fingerprint density at radius 2 is 1.04 bits per heavy atom. The van der Waals surface area contributed by atoms with E-state index in [1.807, 2.05) is 0 Å². The molecule has 0 fully saturated rings. The fourth-order valence-corrected chi connectivity index (χ4v) is 2.39. The molecule has 5 N–H and O–H groups in total. The third-order valence-electron chi connectivity index (χ3n) is 3.72. The summed E-state index contributed by atoms with van der Waals surface area (Å²) in [5.41, 5.74) is 5.47. The molecule has 0 aliphatic rings. The van der Waals surface area contributed by atoms with Gasteiger partial charge in [0.2, 0.25) is 0 Å². The number of hydrogen-bond donors (Lipinski definition) is 4. The van der Waals surface area contributed by atoms with Gasteiger partial charge in [0.25, 0.3) is 0 Å². The lowest BCUT2D eigenvalue weighted by molar-refractivity contribution is 0.275. The van der Waals surface area contributed by atoms with E-state index >= 15 is 0 Å². The molecule has 0 aliphatic heterocycles. The molecule has 0 heterocycles. The first kappa shape index (κ1) is 26.0. The van der Waals surface area contributed by atoms with Gasteiger partial charge in [0, 0.05) is 0 Å². The van der Waals surface area contributed by atoms with Crippen LogP contribution in [-0.4, -0.2) is 21.2 Å². The summed E-state index contributed by atoms with van der Waals surface area (Å²) in [4.78, 5) is 21.6. The minimum atomic E-state index is -4.64. The Morgan fingerprint density at radius 3 is 1.42 bits per heavy atom. The quantitative estimate of drug-likeness (QED) is 0.185. The van der Waals surface area contributed by atoms with Gasteiger partial charge in [0.15, 0.2) is 0 Å². The van der Waals surface area contributed by atoms with E-state index in [1.54, 1.807) is 0 Å². The Morgan fingerprint density at radius 1 is 0.708 bits per heavy atom. The van der Waals surface area contributed by atoms with Crippen LogP contribution in [-0.2, 0) is 4.57 Å². The largest absolute Gasteiger partial charge is 0.466 e. The summed E-state index contributed by atoms with van der Waals surface area (Å²) in [5, 5.41) is 0. The van der Waals surface area contributed by atoms with Crippen molar-refractivity contribution in [3.05, 3.63) is 12.2 Å². The Bertz CT molecular complexity index is 297. The van der Waals surface area contributed by atoms with Crippen LogP contribution in [0.15, 0.2) is 12.2 Å². The number of phosphoric acid groups is 1. The molecule has 0 saturated carbocycles. The van der Waals surface area contributed by atoms with Crippen molar-refractivity contribution in [2.75, 3.05) is 6.54 Å². The van der Waals surface area contributed by atoms with Crippen molar-refractivity contribution in [1.82, 2.24) is 0 Å². The fraction of sp³-hybridized carbons (Fsp3) is 0.889. The van der Waals surface area contributed by atoms with Gasteiger partial charge in [-0.25, -0.2) is 4.57 Å². The molecule has 0 radical (unpaired) electrons. The molecule has 0 spiro atoms. The zero-order valence-electron chi connectivity index (χ0n) is 15.5. The molecule has 146 valence electrons. The summed E-state index contributed by atoms with van der Waals surface area (Å²) >= 11 is 0. The van der Waals surface area contributed by atoms with Crippen LogP contribution in [0.4, 0.5) is 0 Å². The van der Waals surface area contributed by atoms with Crippen molar-refractivity contribution in [3.8, 4) is 0 Å². The molecule has 0 unspecified atom stereocenters. The van der Waals surface area contributed by atoms with Crippen LogP contribution in [0.25, 0.3) is 0 Å². The lowest BCUT2D eigenvalue weighted by Crippen LogP contribution is -1.97. The van der Waals surface area contributed by atoms with Gasteiger partial charge in [0.1, 0.15) is 0 Å². The molecule has 0 aliphatic carbocycles. The average Bonchev–Trinajstić information content (AvgIpc) is 2.49. The molecule has 0 amide bonds. The van der Waals surface area contributed by atoms with E-state index in [4.69, 9.17) is 25.0 Å². The first-order valence-electron chi connectivity index (χ1n) is 9.55. The predicted octanol–water partition coefficient (Wildman–Crippen LogP) is 5.05. The van der Waals surface area contributed by atoms with Crippen molar-refractivity contribution >= 4 is 7.82 Å². The van der Waals surface area contributed by atoms with Crippen LogP contribution in [0.3, 0.4) is 0 Å². The van der Waals surface area contributed by atoms with E-state index < -0.39 is 7.82 Å². The molecule has 0 saturated heterocycles. The van der Waals surface area contributed by atoms with Gasteiger partial charge < -0.3 is 20.4 Å². The van der Waals surface area contributed by atoms with E-state index in [9.17, 15) is 0 Å². The Balaban J connectivity index is 0. The van der Waals surface area contributed by atoms with Crippen LogP contribution in [0, 0.1) is 0 Å². The van der Waals surface area contributed by atoms with Crippen molar-refractivity contribution < 1.29 is 19.2 Å². The molecule has 0 aromatic heterocycles. The Kier molecular flexibility index (Phi) is 22.6. The minimum Gasteiger partial charge on any atom is -0.330 e. The second-order valence-corrected chi connectivity index (χ2v) is 7.27. The number of hydrogen-bond acceptors (Lipinski definition) is 2. The second kappa shape index (κ2) is 20.9. The van der Waals surface area contributed by atoms with E-state index in [-0.39, 0.29) is 0 Å². The van der Waals surface area contributed by atoms with Gasteiger partial charge in [0.05, 0.1) is 0 Å². The highest BCUT2D eigenvalue weighted by Crippen LogP contribution is 2.25. The molecule has 5 nitrogen and oxygen atoms in total. The molecule has 0 atom stereocenters. The molecular weight excluding hydrogens is 325 g/mol. The smallest absolute Gasteiger partial charge is 0.330 e. The fourth-order valence-electron chi connectivity index (χ4n) is 2.39. The van der Waals surface area contributed by atoms with Gasteiger partial charge in [-0.1, -0.05) is 76.9 Å². The zero-order valence-corrected chi connectivity index (χ0v) is 16.4. The van der Waals surface area contributed by atoms with Crippen LogP contribution in [0.2, 0.25) is 0 Å². The first-order chi connectivity index (χ1) is 11.4. The van der Waals surface area contributed by atoms with E-state index in [1.165, 1.54) is 89.9 Å². The number of nitrogens with two attached hydrogens (primary N) is 1. The lowest BCUT2D eigenvalue weighted by Gasteiger charge is -1.99. The highest BCUT2D eigenvalue weighted by molar-refractivity contribution is 7.45. The van der Waals surface area contributed by atoms with Gasteiger partial charge >= 0.3 is 7.82 Å². The monoisotopic (exact) mass is 365 g/mol. The van der Waals surface area contributed by atoms with Crippen molar-refractivity contribution in [2.24, 2.45) is 5.73 Å². The highest BCUT2D eigenvalue weighted by atomic mass is 31.2.